The van der Waals surface area contributed by atoms with Gasteiger partial charge in [-0.3, -0.25) is 13.9 Å². The second-order valence-electron chi connectivity index (χ2n) is 9.38. The Bertz CT molecular complexity index is 1330. The molecule has 0 fully saturated rings. The summed E-state index contributed by atoms with van der Waals surface area (Å²) in [6.07, 6.45) is 2.02. The minimum Gasteiger partial charge on any atom is -0.354 e. The summed E-state index contributed by atoms with van der Waals surface area (Å²) in [4.78, 5) is 28.5. The molecule has 9 heteroatoms. The number of carbonyl (C=O) groups is 2. The number of benzene rings is 3. The number of hydrogen-bond acceptors (Lipinski definition) is 4. The molecule has 0 aliphatic heterocycles. The molecule has 3 rings (SSSR count). The molecule has 7 nitrogen and oxygen atoms in total. The van der Waals surface area contributed by atoms with E-state index in [1.807, 2.05) is 13.8 Å². The van der Waals surface area contributed by atoms with E-state index in [1.165, 1.54) is 29.2 Å². The van der Waals surface area contributed by atoms with Crippen LogP contribution in [-0.4, -0.2) is 44.3 Å². The van der Waals surface area contributed by atoms with Crippen LogP contribution in [0.2, 0.25) is 0 Å². The summed E-state index contributed by atoms with van der Waals surface area (Å²) in [6.45, 7) is 5.65. The maximum absolute atomic E-state index is 13.9. The van der Waals surface area contributed by atoms with Crippen molar-refractivity contribution in [3.05, 3.63) is 95.8 Å². The largest absolute Gasteiger partial charge is 0.354 e. The molecule has 3 aromatic rings. The summed E-state index contributed by atoms with van der Waals surface area (Å²) < 4.78 is 42.2. The van der Waals surface area contributed by atoms with Crippen LogP contribution >= 0.6 is 0 Å². The van der Waals surface area contributed by atoms with E-state index in [2.05, 4.69) is 5.32 Å². The van der Waals surface area contributed by atoms with Crippen molar-refractivity contribution >= 4 is 27.5 Å². The van der Waals surface area contributed by atoms with Gasteiger partial charge in [-0.05, 0) is 61.7 Å². The molecule has 0 aliphatic rings. The molecular weight excluding hydrogens is 517 g/mol. The van der Waals surface area contributed by atoms with Gasteiger partial charge in [0.05, 0.1) is 10.6 Å². The molecule has 2 amide bonds. The molecule has 0 aliphatic carbocycles. The lowest BCUT2D eigenvalue weighted by atomic mass is 10.1. The van der Waals surface area contributed by atoms with Crippen LogP contribution in [0.5, 0.6) is 0 Å². The fraction of sp³-hybridized carbons (Fsp3) is 0.333. The summed E-state index contributed by atoms with van der Waals surface area (Å²) in [5.41, 5.74) is 1.85. The first-order chi connectivity index (χ1) is 18.7. The lowest BCUT2D eigenvalue weighted by molar-refractivity contribution is -0.140. The van der Waals surface area contributed by atoms with Crippen LogP contribution in [0.1, 0.15) is 44.2 Å². The Morgan fingerprint density at radius 3 is 2.15 bits per heavy atom. The van der Waals surface area contributed by atoms with Crippen molar-refractivity contribution in [1.82, 2.24) is 10.2 Å². The van der Waals surface area contributed by atoms with E-state index in [0.29, 0.717) is 24.2 Å². The number of para-hydroxylation sites is 1. The molecule has 0 aromatic heterocycles. The van der Waals surface area contributed by atoms with Crippen LogP contribution in [-0.2, 0) is 26.2 Å². The third-order valence-corrected chi connectivity index (χ3v) is 8.20. The molecule has 0 spiro atoms. The zero-order valence-electron chi connectivity index (χ0n) is 22.6. The smallest absolute Gasteiger partial charge is 0.264 e. The fourth-order valence-electron chi connectivity index (χ4n) is 4.17. The van der Waals surface area contributed by atoms with Crippen molar-refractivity contribution in [3.63, 3.8) is 0 Å². The Balaban J connectivity index is 2.00. The van der Waals surface area contributed by atoms with E-state index in [9.17, 15) is 22.4 Å². The molecule has 3 aromatic carbocycles. The zero-order valence-corrected chi connectivity index (χ0v) is 23.5. The number of amides is 2. The van der Waals surface area contributed by atoms with Gasteiger partial charge in [-0.25, -0.2) is 12.8 Å². The molecule has 0 saturated carbocycles. The number of hydrogen-bond donors (Lipinski definition) is 1. The Morgan fingerprint density at radius 2 is 1.56 bits per heavy atom. The van der Waals surface area contributed by atoms with Gasteiger partial charge in [-0.2, -0.15) is 0 Å². The highest BCUT2D eigenvalue weighted by atomic mass is 32.2. The summed E-state index contributed by atoms with van der Waals surface area (Å²) in [5.74, 6) is -1.27. The van der Waals surface area contributed by atoms with Gasteiger partial charge >= 0.3 is 0 Å². The van der Waals surface area contributed by atoms with Crippen LogP contribution in [0.3, 0.4) is 0 Å². The molecule has 1 atom stereocenters. The second kappa shape index (κ2) is 13.9. The molecule has 0 saturated heterocycles. The molecule has 0 heterocycles. The normalized spacial score (nSPS) is 12.0. The first-order valence-corrected chi connectivity index (χ1v) is 14.6. The molecule has 39 heavy (non-hydrogen) atoms. The van der Waals surface area contributed by atoms with Crippen molar-refractivity contribution in [2.45, 2.75) is 57.5 Å². The second-order valence-corrected chi connectivity index (χ2v) is 11.2. The van der Waals surface area contributed by atoms with Gasteiger partial charge in [0.25, 0.3) is 10.0 Å². The van der Waals surface area contributed by atoms with Crippen LogP contribution in [0.25, 0.3) is 0 Å². The molecular formula is C30H36FN3O4S. The van der Waals surface area contributed by atoms with Gasteiger partial charge in [0, 0.05) is 13.1 Å². The van der Waals surface area contributed by atoms with Gasteiger partial charge in [0.1, 0.15) is 18.4 Å². The van der Waals surface area contributed by atoms with Gasteiger partial charge in [-0.15, -0.1) is 0 Å². The number of rotatable bonds is 13. The number of nitrogens with one attached hydrogen (secondary N) is 1. The maximum Gasteiger partial charge on any atom is 0.264 e. The number of nitrogens with zero attached hydrogens (tertiary/aromatic N) is 2. The van der Waals surface area contributed by atoms with Crippen molar-refractivity contribution in [3.8, 4) is 0 Å². The lowest BCUT2D eigenvalue weighted by Crippen LogP contribution is -2.52. The minimum atomic E-state index is -4.11. The summed E-state index contributed by atoms with van der Waals surface area (Å²) in [7, 11) is -4.11. The topological polar surface area (TPSA) is 86.8 Å². The van der Waals surface area contributed by atoms with E-state index < -0.39 is 34.3 Å². The lowest BCUT2D eigenvalue weighted by Gasteiger charge is -2.33. The van der Waals surface area contributed by atoms with Crippen molar-refractivity contribution in [2.75, 3.05) is 17.4 Å². The molecule has 1 N–H and O–H groups in total. The van der Waals surface area contributed by atoms with Crippen LogP contribution < -0.4 is 9.62 Å². The summed E-state index contributed by atoms with van der Waals surface area (Å²) in [5, 5.41) is 2.89. The van der Waals surface area contributed by atoms with Crippen molar-refractivity contribution in [1.29, 1.82) is 0 Å². The first kappa shape index (κ1) is 29.8. The number of anilines is 1. The average Bonchev–Trinajstić information content (AvgIpc) is 2.93. The Kier molecular flexibility index (Phi) is 10.6. The van der Waals surface area contributed by atoms with Crippen molar-refractivity contribution in [2.24, 2.45) is 0 Å². The Labute approximate surface area is 230 Å². The third-order valence-electron chi connectivity index (χ3n) is 6.41. The number of unbranched alkanes of at least 4 members (excludes halogenated alkanes) is 1. The van der Waals surface area contributed by atoms with Crippen LogP contribution in [0, 0.1) is 12.7 Å². The Hall–Kier alpha value is -3.72. The third kappa shape index (κ3) is 7.89. The van der Waals surface area contributed by atoms with E-state index >= 15 is 0 Å². The van der Waals surface area contributed by atoms with Gasteiger partial charge in [-0.1, -0.05) is 68.3 Å². The number of sulfonamides is 1. The maximum atomic E-state index is 13.9. The predicted octanol–water partition coefficient (Wildman–Crippen LogP) is 5.05. The summed E-state index contributed by atoms with van der Waals surface area (Å²) in [6, 6.07) is 19.7. The average molecular weight is 554 g/mol. The molecule has 0 radical (unpaired) electrons. The molecule has 0 unspecified atom stereocenters. The van der Waals surface area contributed by atoms with Gasteiger partial charge in [0.15, 0.2) is 0 Å². The van der Waals surface area contributed by atoms with Crippen LogP contribution in [0.4, 0.5) is 10.1 Å². The Morgan fingerprint density at radius 1 is 0.923 bits per heavy atom. The first-order valence-electron chi connectivity index (χ1n) is 13.1. The number of carbonyl (C=O) groups excluding carboxylic acids is 2. The zero-order chi connectivity index (χ0) is 28.4. The fourth-order valence-corrected chi connectivity index (χ4v) is 5.59. The van der Waals surface area contributed by atoms with E-state index in [4.69, 9.17) is 0 Å². The van der Waals surface area contributed by atoms with Gasteiger partial charge in [0.2, 0.25) is 11.8 Å². The van der Waals surface area contributed by atoms with E-state index in [-0.39, 0.29) is 17.3 Å². The SMILES string of the molecule is CCCCNC(=O)[C@@H](CC)N(Cc1ccc(F)cc1)C(=O)CN(c1ccccc1)S(=O)(=O)c1ccc(C)cc1. The van der Waals surface area contributed by atoms with Crippen molar-refractivity contribution < 1.29 is 22.4 Å². The van der Waals surface area contributed by atoms with Crippen LogP contribution in [0.15, 0.2) is 83.8 Å². The highest BCUT2D eigenvalue weighted by molar-refractivity contribution is 7.92. The quantitative estimate of drug-likeness (QED) is 0.300. The van der Waals surface area contributed by atoms with E-state index in [1.54, 1.807) is 61.5 Å². The molecule has 208 valence electrons. The monoisotopic (exact) mass is 553 g/mol. The predicted molar refractivity (Wildman–Crippen MR) is 151 cm³/mol. The molecule has 0 bridgehead atoms. The van der Waals surface area contributed by atoms with E-state index in [0.717, 1.165) is 22.7 Å². The number of aryl methyl sites for hydroxylation is 1. The minimum absolute atomic E-state index is 0.0199. The highest BCUT2D eigenvalue weighted by Gasteiger charge is 2.33. The van der Waals surface area contributed by atoms with Gasteiger partial charge < -0.3 is 10.2 Å². The standard InChI is InChI=1S/C30H36FN3O4S/c1-4-6-20-32-30(36)28(5-2)33(21-24-14-16-25(31)17-15-24)29(35)22-34(26-10-8-7-9-11-26)39(37,38)27-18-12-23(3)13-19-27/h7-19,28H,4-6,20-22H2,1-3H3,(H,32,36)/t28-/m1/s1. The summed E-state index contributed by atoms with van der Waals surface area (Å²) >= 11 is 0. The number of halogens is 1. The highest BCUT2D eigenvalue weighted by Crippen LogP contribution is 2.25.